The highest BCUT2D eigenvalue weighted by Gasteiger charge is 2.10. The van der Waals surface area contributed by atoms with E-state index in [4.69, 9.17) is 5.14 Å². The quantitative estimate of drug-likeness (QED) is 0.590. The zero-order valence-corrected chi connectivity index (χ0v) is 18.0. The van der Waals surface area contributed by atoms with Gasteiger partial charge < -0.3 is 9.88 Å². The molecule has 0 aliphatic rings. The van der Waals surface area contributed by atoms with Crippen LogP contribution < -0.4 is 10.5 Å². The van der Waals surface area contributed by atoms with Crippen LogP contribution in [0, 0.1) is 20.8 Å². The molecule has 0 unspecified atom stereocenters. The van der Waals surface area contributed by atoms with Crippen molar-refractivity contribution in [2.45, 2.75) is 26.5 Å². The fourth-order valence-corrected chi connectivity index (χ4v) is 4.01. The summed E-state index contributed by atoms with van der Waals surface area (Å²) in [6, 6.07) is 16.9. The fraction of sp³-hybridized carbons (Fsp3) is 0.174. The first-order valence-electron chi connectivity index (χ1n) is 9.47. The Morgan fingerprint density at radius 3 is 2.43 bits per heavy atom. The SMILES string of the molecule is Cc1ccc(-n2c(C)cc(/C=C/C(=O)Nc3cccc(CS(N)(=O)=O)c3)c2C)cc1. The summed E-state index contributed by atoms with van der Waals surface area (Å²) < 4.78 is 24.6. The maximum Gasteiger partial charge on any atom is 0.248 e. The van der Waals surface area contributed by atoms with E-state index in [-0.39, 0.29) is 11.7 Å². The maximum atomic E-state index is 12.3. The number of aromatic nitrogens is 1. The summed E-state index contributed by atoms with van der Waals surface area (Å²) in [4.78, 5) is 12.3. The van der Waals surface area contributed by atoms with Gasteiger partial charge in [-0.2, -0.15) is 0 Å². The molecule has 30 heavy (non-hydrogen) atoms. The number of hydrogen-bond acceptors (Lipinski definition) is 3. The molecule has 0 bridgehead atoms. The number of carbonyl (C=O) groups excluding carboxylic acids is 1. The summed E-state index contributed by atoms with van der Waals surface area (Å²) in [6.07, 6.45) is 3.24. The van der Waals surface area contributed by atoms with Gasteiger partial charge in [0.15, 0.2) is 0 Å². The van der Waals surface area contributed by atoms with E-state index in [0.29, 0.717) is 11.3 Å². The number of sulfonamides is 1. The fourth-order valence-electron chi connectivity index (χ4n) is 3.37. The summed E-state index contributed by atoms with van der Waals surface area (Å²) in [5, 5.41) is 7.83. The lowest BCUT2D eigenvalue weighted by atomic mass is 10.2. The van der Waals surface area contributed by atoms with Crippen LogP contribution in [0.25, 0.3) is 11.8 Å². The Labute approximate surface area is 177 Å². The van der Waals surface area contributed by atoms with Crippen LogP contribution in [0.15, 0.2) is 60.7 Å². The number of nitrogens with one attached hydrogen (secondary N) is 1. The monoisotopic (exact) mass is 423 g/mol. The minimum Gasteiger partial charge on any atom is -0.323 e. The minimum absolute atomic E-state index is 0.280. The van der Waals surface area contributed by atoms with E-state index in [1.165, 1.54) is 11.6 Å². The first-order valence-corrected chi connectivity index (χ1v) is 11.2. The van der Waals surface area contributed by atoms with E-state index in [9.17, 15) is 13.2 Å². The first-order chi connectivity index (χ1) is 14.1. The maximum absolute atomic E-state index is 12.3. The Morgan fingerprint density at radius 2 is 1.77 bits per heavy atom. The Hall–Kier alpha value is -3.16. The van der Waals surface area contributed by atoms with Crippen molar-refractivity contribution in [3.8, 4) is 5.69 Å². The van der Waals surface area contributed by atoms with Crippen molar-refractivity contribution < 1.29 is 13.2 Å². The van der Waals surface area contributed by atoms with Crippen molar-refractivity contribution >= 4 is 27.7 Å². The summed E-state index contributed by atoms with van der Waals surface area (Å²) in [5.74, 6) is -0.583. The molecular formula is C23H25N3O3S. The van der Waals surface area contributed by atoms with Gasteiger partial charge in [-0.1, -0.05) is 29.8 Å². The predicted octanol–water partition coefficient (Wildman–Crippen LogP) is 3.84. The van der Waals surface area contributed by atoms with Crippen LogP contribution in [-0.2, 0) is 20.6 Å². The number of nitrogens with two attached hydrogens (primary N) is 1. The molecule has 1 aromatic heterocycles. The van der Waals surface area contributed by atoms with Gasteiger partial charge in [-0.05, 0) is 68.3 Å². The highest BCUT2D eigenvalue weighted by atomic mass is 32.2. The van der Waals surface area contributed by atoms with Gasteiger partial charge in [0.1, 0.15) is 0 Å². The molecule has 1 heterocycles. The summed E-state index contributed by atoms with van der Waals surface area (Å²) in [5.41, 5.74) is 6.36. The third-order valence-corrected chi connectivity index (χ3v) is 5.47. The summed E-state index contributed by atoms with van der Waals surface area (Å²) in [7, 11) is -3.63. The number of amides is 1. The number of aryl methyl sites for hydroxylation is 2. The summed E-state index contributed by atoms with van der Waals surface area (Å²) in [6.45, 7) is 6.10. The average Bonchev–Trinajstić information content (AvgIpc) is 2.93. The van der Waals surface area contributed by atoms with Gasteiger partial charge >= 0.3 is 0 Å². The lowest BCUT2D eigenvalue weighted by molar-refractivity contribution is -0.111. The molecular weight excluding hydrogens is 398 g/mol. The van der Waals surface area contributed by atoms with Gasteiger partial charge in [0.2, 0.25) is 15.9 Å². The first kappa shape index (κ1) is 21.5. The third-order valence-electron chi connectivity index (χ3n) is 4.74. The number of anilines is 1. The lowest BCUT2D eigenvalue weighted by Gasteiger charge is -2.10. The van der Waals surface area contributed by atoms with Crippen LogP contribution in [0.1, 0.15) is 28.1 Å². The van der Waals surface area contributed by atoms with Gasteiger partial charge in [0, 0.05) is 28.8 Å². The van der Waals surface area contributed by atoms with Gasteiger partial charge in [-0.25, -0.2) is 13.6 Å². The van der Waals surface area contributed by atoms with Gasteiger partial charge in [-0.15, -0.1) is 0 Å². The molecule has 2 aromatic carbocycles. The minimum atomic E-state index is -3.63. The zero-order chi connectivity index (χ0) is 21.9. The van der Waals surface area contributed by atoms with Crippen LogP contribution in [0.2, 0.25) is 0 Å². The normalized spacial score (nSPS) is 11.7. The Kier molecular flexibility index (Phi) is 6.24. The van der Waals surface area contributed by atoms with Crippen molar-refractivity contribution in [3.05, 3.63) is 88.8 Å². The van der Waals surface area contributed by atoms with Crippen LogP contribution in [0.3, 0.4) is 0 Å². The zero-order valence-electron chi connectivity index (χ0n) is 17.2. The van der Waals surface area contributed by atoms with Gasteiger partial charge in [0.05, 0.1) is 5.75 Å². The van der Waals surface area contributed by atoms with E-state index < -0.39 is 10.0 Å². The molecule has 3 N–H and O–H groups in total. The van der Waals surface area contributed by atoms with Crippen molar-refractivity contribution in [3.63, 3.8) is 0 Å². The largest absolute Gasteiger partial charge is 0.323 e. The Balaban J connectivity index is 1.75. The number of nitrogens with zero attached hydrogens (tertiary/aromatic N) is 1. The van der Waals surface area contributed by atoms with Crippen LogP contribution in [-0.4, -0.2) is 18.9 Å². The second kappa shape index (κ2) is 8.69. The average molecular weight is 424 g/mol. The number of hydrogen-bond donors (Lipinski definition) is 2. The van der Waals surface area contributed by atoms with Crippen molar-refractivity contribution in [1.29, 1.82) is 0 Å². The predicted molar refractivity (Wildman–Crippen MR) is 121 cm³/mol. The third kappa shape index (κ3) is 5.46. The molecule has 3 rings (SSSR count). The second-order valence-corrected chi connectivity index (χ2v) is 8.94. The second-order valence-electron chi connectivity index (χ2n) is 7.33. The Morgan fingerprint density at radius 1 is 1.07 bits per heavy atom. The molecule has 7 heteroatoms. The molecule has 0 aliphatic heterocycles. The summed E-state index contributed by atoms with van der Waals surface area (Å²) >= 11 is 0. The molecule has 0 aliphatic carbocycles. The van der Waals surface area contributed by atoms with Crippen molar-refractivity contribution in [2.24, 2.45) is 5.14 Å². The molecule has 0 saturated heterocycles. The molecule has 0 spiro atoms. The highest BCUT2D eigenvalue weighted by molar-refractivity contribution is 7.88. The van der Waals surface area contributed by atoms with E-state index in [1.807, 2.05) is 19.9 Å². The van der Waals surface area contributed by atoms with Crippen molar-refractivity contribution in [1.82, 2.24) is 4.57 Å². The lowest BCUT2D eigenvalue weighted by Crippen LogP contribution is -2.15. The number of carbonyl (C=O) groups is 1. The molecule has 0 saturated carbocycles. The topological polar surface area (TPSA) is 94.2 Å². The van der Waals surface area contributed by atoms with E-state index in [0.717, 1.165) is 22.6 Å². The number of primary sulfonamides is 1. The van der Waals surface area contributed by atoms with Crippen LogP contribution in [0.5, 0.6) is 0 Å². The smallest absolute Gasteiger partial charge is 0.248 e. The number of benzene rings is 2. The molecule has 156 valence electrons. The molecule has 0 radical (unpaired) electrons. The molecule has 0 atom stereocenters. The highest BCUT2D eigenvalue weighted by Crippen LogP contribution is 2.22. The van der Waals surface area contributed by atoms with E-state index >= 15 is 0 Å². The number of rotatable bonds is 6. The van der Waals surface area contributed by atoms with Crippen molar-refractivity contribution in [2.75, 3.05) is 5.32 Å². The van der Waals surface area contributed by atoms with Gasteiger partial charge in [0.25, 0.3) is 0 Å². The van der Waals surface area contributed by atoms with Crippen LogP contribution >= 0.6 is 0 Å². The Bertz CT molecular complexity index is 1210. The van der Waals surface area contributed by atoms with Gasteiger partial charge in [-0.3, -0.25) is 4.79 Å². The molecule has 6 nitrogen and oxygen atoms in total. The van der Waals surface area contributed by atoms with Crippen LogP contribution in [0.4, 0.5) is 5.69 Å². The molecule has 3 aromatic rings. The molecule has 1 amide bonds. The van der Waals surface area contributed by atoms with E-state index in [1.54, 1.807) is 30.3 Å². The standard InChI is InChI=1S/C23H25N3O3S/c1-16-7-10-22(11-8-16)26-17(2)13-20(18(26)3)9-12-23(27)25-21-6-4-5-19(14-21)15-30(24,28)29/h4-14H,15H2,1-3H3,(H,25,27)(H2,24,28,29)/b12-9+. The molecule has 0 fully saturated rings. The van der Waals surface area contributed by atoms with E-state index in [2.05, 4.69) is 41.1 Å².